The molecule has 3 fully saturated rings. The molecule has 5 heterocycles. The number of nitrogens with two attached hydrogens (primary N) is 1. The van der Waals surface area contributed by atoms with E-state index in [1.54, 1.807) is 27.9 Å². The number of carbonyl (C=O) groups is 2. The number of rotatable bonds is 6. The summed E-state index contributed by atoms with van der Waals surface area (Å²) in [5, 5.41) is 2.53. The van der Waals surface area contributed by atoms with Crippen LogP contribution in [0.25, 0.3) is 0 Å². The highest BCUT2D eigenvalue weighted by Gasteiger charge is 2.46. The lowest BCUT2D eigenvalue weighted by Crippen LogP contribution is -2.52. The number of hydrogen-bond acceptors (Lipinski definition) is 7. The number of piperidine rings is 1. The van der Waals surface area contributed by atoms with Crippen molar-refractivity contribution < 1.29 is 31.9 Å². The minimum absolute atomic E-state index is 0.0325. The number of fused-ring (bicyclic) bond motifs is 1. The fourth-order valence-electron chi connectivity index (χ4n) is 5.64. The molecule has 2 N–H and O–H groups in total. The second-order valence-corrected chi connectivity index (χ2v) is 13.2. The maximum absolute atomic E-state index is 14.6. The third-order valence-electron chi connectivity index (χ3n) is 8.39. The summed E-state index contributed by atoms with van der Waals surface area (Å²) in [5.74, 6) is 1.05. The number of pyridine rings is 1. The summed E-state index contributed by atoms with van der Waals surface area (Å²) in [6, 6.07) is 3.27. The molecule has 0 spiro atoms. The molecule has 2 aromatic rings. The van der Waals surface area contributed by atoms with Gasteiger partial charge in [0.1, 0.15) is 0 Å². The van der Waals surface area contributed by atoms with Gasteiger partial charge >= 0.3 is 6.03 Å². The van der Waals surface area contributed by atoms with Crippen molar-refractivity contribution in [2.24, 2.45) is 11.1 Å². The summed E-state index contributed by atoms with van der Waals surface area (Å²) < 4.78 is 50.8. The first-order valence-electron chi connectivity index (χ1n) is 13.8. The van der Waals surface area contributed by atoms with Crippen molar-refractivity contribution >= 4 is 22.0 Å². The first-order chi connectivity index (χ1) is 19.1. The predicted octanol–water partition coefficient (Wildman–Crippen LogP) is 2.74. The number of aromatic nitrogens is 2. The molecule has 0 bridgehead atoms. The van der Waals surface area contributed by atoms with Crippen molar-refractivity contribution in [1.29, 1.82) is 0 Å². The smallest absolute Gasteiger partial charge is 0.320 e. The van der Waals surface area contributed by atoms with Crippen molar-refractivity contribution in [3.8, 4) is 5.88 Å². The van der Waals surface area contributed by atoms with Crippen LogP contribution in [-0.2, 0) is 27.8 Å². The van der Waals surface area contributed by atoms with Gasteiger partial charge in [0.2, 0.25) is 20.9 Å². The van der Waals surface area contributed by atoms with E-state index >= 15 is 0 Å². The molecule has 1 saturated carbocycles. The molecular weight excluding hydrogens is 541 g/mol. The number of urea groups is 1. The molecule has 11 nitrogen and oxygen atoms in total. The van der Waals surface area contributed by atoms with Crippen LogP contribution in [0.2, 0.25) is 0 Å². The maximum Gasteiger partial charge on any atom is 0.320 e. The van der Waals surface area contributed by atoms with E-state index in [0.29, 0.717) is 43.0 Å². The summed E-state index contributed by atoms with van der Waals surface area (Å²) >= 11 is 0. The topological polar surface area (TPSA) is 137 Å². The molecule has 6 rings (SSSR count). The molecule has 216 valence electrons. The van der Waals surface area contributed by atoms with E-state index in [4.69, 9.17) is 14.6 Å². The number of ether oxygens (including phenoxy) is 2. The summed E-state index contributed by atoms with van der Waals surface area (Å²) in [6.45, 7) is 2.58. The maximum atomic E-state index is 14.6. The molecule has 3 aliphatic heterocycles. The lowest BCUT2D eigenvalue weighted by Gasteiger charge is -2.36. The SMILES string of the molecule is NS(=O)(=O)C1(F)CCN(C(=O)N2Cc3cn(C(=O)c4cc(OCC5CCOCC5)nc(C5CC5)c4)cc3C2)CC1. The van der Waals surface area contributed by atoms with E-state index in [2.05, 4.69) is 4.98 Å². The van der Waals surface area contributed by atoms with Gasteiger partial charge in [0.25, 0.3) is 5.91 Å². The molecular formula is C27H34FN5O6S. The largest absolute Gasteiger partial charge is 0.477 e. The first kappa shape index (κ1) is 27.2. The van der Waals surface area contributed by atoms with Gasteiger partial charge in [-0.15, -0.1) is 0 Å². The number of halogens is 1. The number of hydrogen-bond donors (Lipinski definition) is 1. The molecule has 2 saturated heterocycles. The zero-order valence-electron chi connectivity index (χ0n) is 22.3. The molecule has 0 radical (unpaired) electrons. The zero-order valence-corrected chi connectivity index (χ0v) is 23.1. The minimum Gasteiger partial charge on any atom is -0.477 e. The van der Waals surface area contributed by atoms with Crippen molar-refractivity contribution in [2.45, 2.75) is 62.5 Å². The van der Waals surface area contributed by atoms with Gasteiger partial charge in [0.05, 0.1) is 6.61 Å². The van der Waals surface area contributed by atoms with Crippen molar-refractivity contribution in [3.63, 3.8) is 0 Å². The van der Waals surface area contributed by atoms with E-state index < -0.39 is 15.0 Å². The van der Waals surface area contributed by atoms with Crippen LogP contribution in [0.3, 0.4) is 0 Å². The second-order valence-electron chi connectivity index (χ2n) is 11.3. The standard InChI is InChI=1S/C27H34FN5O6S/c28-27(40(29,36)37)5-7-31(8-6-27)26(35)33-15-21-13-32(14-22(21)16-33)25(34)20-11-23(19-1-2-19)30-24(12-20)39-17-18-3-9-38-10-4-18/h11-14,18-19H,1-10,15-17H2,(H2,29,36,37). The van der Waals surface area contributed by atoms with Crippen LogP contribution < -0.4 is 9.88 Å². The second kappa shape index (κ2) is 10.4. The Balaban J connectivity index is 1.11. The van der Waals surface area contributed by atoms with Crippen LogP contribution >= 0.6 is 0 Å². The Bertz CT molecular complexity index is 1390. The van der Waals surface area contributed by atoms with Gasteiger partial charge in [-0.1, -0.05) is 0 Å². The number of nitrogens with zero attached hydrogens (tertiary/aromatic N) is 4. The van der Waals surface area contributed by atoms with Gasteiger partial charge in [0, 0.05) is 87.9 Å². The van der Waals surface area contributed by atoms with Gasteiger partial charge < -0.3 is 19.3 Å². The van der Waals surface area contributed by atoms with E-state index in [9.17, 15) is 22.4 Å². The molecule has 2 aromatic heterocycles. The summed E-state index contributed by atoms with van der Waals surface area (Å²) in [7, 11) is -4.35. The minimum atomic E-state index is -4.35. The van der Waals surface area contributed by atoms with Gasteiger partial charge in [-0.3, -0.25) is 9.36 Å². The Labute approximate surface area is 232 Å². The van der Waals surface area contributed by atoms with Crippen molar-refractivity contribution in [3.05, 3.63) is 46.9 Å². The number of amides is 2. The number of alkyl halides is 1. The van der Waals surface area contributed by atoms with Crippen molar-refractivity contribution in [1.82, 2.24) is 19.4 Å². The van der Waals surface area contributed by atoms with Crippen LogP contribution in [0.1, 0.15) is 71.6 Å². The molecule has 40 heavy (non-hydrogen) atoms. The quantitative estimate of drug-likeness (QED) is 0.559. The summed E-state index contributed by atoms with van der Waals surface area (Å²) in [4.78, 5) is 34.3. The summed E-state index contributed by atoms with van der Waals surface area (Å²) in [6.07, 6.45) is 6.79. The number of carbonyl (C=O) groups excluding carboxylic acids is 2. The van der Waals surface area contributed by atoms with E-state index in [-0.39, 0.29) is 37.9 Å². The Morgan fingerprint density at radius 3 is 2.30 bits per heavy atom. The highest BCUT2D eigenvalue weighted by molar-refractivity contribution is 7.90. The molecule has 0 atom stereocenters. The number of primary sulfonamides is 1. The third-order valence-corrected chi connectivity index (χ3v) is 9.82. The molecule has 0 unspecified atom stereocenters. The Hall–Kier alpha value is -3.03. The average Bonchev–Trinajstić information content (AvgIpc) is 3.61. The van der Waals surface area contributed by atoms with Gasteiger partial charge in [0.15, 0.2) is 0 Å². The van der Waals surface area contributed by atoms with Crippen LogP contribution in [0.15, 0.2) is 24.5 Å². The van der Waals surface area contributed by atoms with Gasteiger partial charge in [-0.25, -0.2) is 27.7 Å². The number of likely N-dealkylation sites (tertiary alicyclic amines) is 1. The van der Waals surface area contributed by atoms with Crippen LogP contribution in [-0.4, -0.2) is 77.6 Å². The fourth-order valence-corrected chi connectivity index (χ4v) is 6.39. The lowest BCUT2D eigenvalue weighted by atomic mass is 10.0. The fraction of sp³-hybridized carbons (Fsp3) is 0.593. The monoisotopic (exact) mass is 575 g/mol. The Kier molecular flexibility index (Phi) is 7.07. The van der Waals surface area contributed by atoms with Crippen molar-refractivity contribution in [2.75, 3.05) is 32.9 Å². The Morgan fingerprint density at radius 1 is 1.05 bits per heavy atom. The highest BCUT2D eigenvalue weighted by atomic mass is 32.2. The van der Waals surface area contributed by atoms with E-state index in [1.165, 1.54) is 4.90 Å². The highest BCUT2D eigenvalue weighted by Crippen LogP contribution is 2.40. The zero-order chi connectivity index (χ0) is 28.1. The van der Waals surface area contributed by atoms with Crippen LogP contribution in [0, 0.1) is 5.92 Å². The van der Waals surface area contributed by atoms with Crippen LogP contribution in [0.5, 0.6) is 5.88 Å². The van der Waals surface area contributed by atoms with Gasteiger partial charge in [-0.05, 0) is 48.8 Å². The normalized spacial score (nSPS) is 21.4. The first-order valence-corrected chi connectivity index (χ1v) is 15.4. The summed E-state index contributed by atoms with van der Waals surface area (Å²) in [5.41, 5.74) is 3.11. The van der Waals surface area contributed by atoms with Gasteiger partial charge in [-0.2, -0.15) is 0 Å². The van der Waals surface area contributed by atoms with E-state index in [0.717, 1.165) is 55.7 Å². The van der Waals surface area contributed by atoms with E-state index in [1.807, 2.05) is 6.07 Å². The molecule has 13 heteroatoms. The Morgan fingerprint density at radius 2 is 1.70 bits per heavy atom. The third kappa shape index (κ3) is 5.46. The molecule has 1 aliphatic carbocycles. The molecule has 4 aliphatic rings. The van der Waals surface area contributed by atoms with Crippen LogP contribution in [0.4, 0.5) is 9.18 Å². The molecule has 2 amide bonds. The number of sulfonamides is 1. The predicted molar refractivity (Wildman–Crippen MR) is 142 cm³/mol. The molecule has 0 aromatic carbocycles. The lowest BCUT2D eigenvalue weighted by molar-refractivity contribution is 0.0490. The average molecular weight is 576 g/mol.